The van der Waals surface area contributed by atoms with E-state index in [1.54, 1.807) is 0 Å². The number of phenolic OH excluding ortho intramolecular Hbond substituents is 1. The fraction of sp³-hybridized carbons (Fsp3) is 0.273. The van der Waals surface area contributed by atoms with Crippen molar-refractivity contribution in [3.8, 4) is 5.75 Å². The van der Waals surface area contributed by atoms with Crippen LogP contribution in [0.2, 0.25) is 0 Å². The molecule has 3 N–H and O–H groups in total. The second kappa shape index (κ2) is 6.06. The summed E-state index contributed by atoms with van der Waals surface area (Å²) in [6.07, 6.45) is -3.39. The fourth-order valence-electron chi connectivity index (χ4n) is 1.50. The predicted octanol–water partition coefficient (Wildman–Crippen LogP) is 3.55. The lowest BCUT2D eigenvalue weighted by atomic mass is 9.96. The Morgan fingerprint density at radius 1 is 1.39 bits per heavy atom. The van der Waals surface area contributed by atoms with Crippen LogP contribution in [0.3, 0.4) is 0 Å². The summed E-state index contributed by atoms with van der Waals surface area (Å²) in [6, 6.07) is -0.0323. The molecule has 1 aromatic carbocycles. The molecule has 0 amide bonds. The van der Waals surface area contributed by atoms with Crippen LogP contribution in [0, 0.1) is 5.82 Å². The SMILES string of the molecule is C=CC[C@@H](N)c1c(C(F)(F)F)ccc(F)c1O.Cl. The highest BCUT2D eigenvalue weighted by Gasteiger charge is 2.36. The second-order valence-corrected chi connectivity index (χ2v) is 3.49. The molecule has 0 aliphatic rings. The van der Waals surface area contributed by atoms with Gasteiger partial charge in [0.1, 0.15) is 0 Å². The fourth-order valence-corrected chi connectivity index (χ4v) is 1.50. The van der Waals surface area contributed by atoms with Gasteiger partial charge in [-0.3, -0.25) is 0 Å². The molecule has 18 heavy (non-hydrogen) atoms. The van der Waals surface area contributed by atoms with Crippen LogP contribution in [0.5, 0.6) is 5.75 Å². The largest absolute Gasteiger partial charge is 0.505 e. The quantitative estimate of drug-likeness (QED) is 0.659. The zero-order valence-electron chi connectivity index (χ0n) is 9.17. The van der Waals surface area contributed by atoms with E-state index in [2.05, 4.69) is 6.58 Å². The average Bonchev–Trinajstić information content (AvgIpc) is 2.20. The Morgan fingerprint density at radius 2 is 1.94 bits per heavy atom. The van der Waals surface area contributed by atoms with E-state index >= 15 is 0 Å². The third kappa shape index (κ3) is 3.36. The number of benzene rings is 1. The number of alkyl halides is 3. The van der Waals surface area contributed by atoms with E-state index < -0.39 is 34.9 Å². The van der Waals surface area contributed by atoms with Gasteiger partial charge in [-0.2, -0.15) is 13.2 Å². The highest BCUT2D eigenvalue weighted by Crippen LogP contribution is 2.40. The minimum Gasteiger partial charge on any atom is -0.505 e. The summed E-state index contributed by atoms with van der Waals surface area (Å²) in [5.74, 6) is -2.19. The monoisotopic (exact) mass is 285 g/mol. The van der Waals surface area contributed by atoms with E-state index in [0.717, 1.165) is 0 Å². The minimum absolute atomic E-state index is 0. The van der Waals surface area contributed by atoms with Crippen molar-refractivity contribution < 1.29 is 22.7 Å². The number of nitrogens with two attached hydrogens (primary N) is 1. The van der Waals surface area contributed by atoms with Crippen LogP contribution in [-0.4, -0.2) is 5.11 Å². The van der Waals surface area contributed by atoms with E-state index in [1.807, 2.05) is 0 Å². The van der Waals surface area contributed by atoms with Gasteiger partial charge in [0.05, 0.1) is 5.56 Å². The van der Waals surface area contributed by atoms with Crippen molar-refractivity contribution in [2.75, 3.05) is 0 Å². The zero-order chi connectivity index (χ0) is 13.2. The maximum absolute atomic E-state index is 13.0. The first-order valence-corrected chi connectivity index (χ1v) is 4.74. The normalized spacial score (nSPS) is 12.7. The topological polar surface area (TPSA) is 46.2 Å². The molecule has 1 rings (SSSR count). The van der Waals surface area contributed by atoms with Crippen molar-refractivity contribution >= 4 is 12.4 Å². The van der Waals surface area contributed by atoms with E-state index in [1.165, 1.54) is 6.08 Å². The molecule has 0 bridgehead atoms. The predicted molar refractivity (Wildman–Crippen MR) is 62.1 cm³/mol. The van der Waals surface area contributed by atoms with Gasteiger partial charge in [-0.1, -0.05) is 6.08 Å². The molecule has 0 unspecified atom stereocenters. The molecule has 0 saturated carbocycles. The Hall–Kier alpha value is -1.27. The number of rotatable bonds is 3. The summed E-state index contributed by atoms with van der Waals surface area (Å²) in [4.78, 5) is 0. The van der Waals surface area contributed by atoms with Gasteiger partial charge in [-0.15, -0.1) is 19.0 Å². The molecule has 0 radical (unpaired) electrons. The summed E-state index contributed by atoms with van der Waals surface area (Å²) in [5, 5.41) is 9.35. The van der Waals surface area contributed by atoms with Gasteiger partial charge in [-0.05, 0) is 18.6 Å². The van der Waals surface area contributed by atoms with Gasteiger partial charge in [0.2, 0.25) is 0 Å². The molecule has 1 aromatic rings. The van der Waals surface area contributed by atoms with Crippen LogP contribution in [0.4, 0.5) is 17.6 Å². The lowest BCUT2D eigenvalue weighted by molar-refractivity contribution is -0.138. The number of aromatic hydroxyl groups is 1. The van der Waals surface area contributed by atoms with E-state index in [9.17, 15) is 22.7 Å². The molecule has 0 aliphatic carbocycles. The molecule has 0 fully saturated rings. The first-order chi connectivity index (χ1) is 7.79. The first kappa shape index (κ1) is 16.7. The summed E-state index contributed by atoms with van der Waals surface area (Å²) >= 11 is 0. The van der Waals surface area contributed by atoms with Crippen LogP contribution in [0.15, 0.2) is 24.8 Å². The molecule has 0 heterocycles. The first-order valence-electron chi connectivity index (χ1n) is 4.74. The summed E-state index contributed by atoms with van der Waals surface area (Å²) in [7, 11) is 0. The summed E-state index contributed by atoms with van der Waals surface area (Å²) < 4.78 is 51.0. The maximum atomic E-state index is 13.0. The van der Waals surface area contributed by atoms with Crippen LogP contribution in [0.1, 0.15) is 23.6 Å². The highest BCUT2D eigenvalue weighted by molar-refractivity contribution is 5.85. The van der Waals surface area contributed by atoms with Crippen molar-refractivity contribution in [2.45, 2.75) is 18.6 Å². The number of hydrogen-bond donors (Lipinski definition) is 2. The molecule has 102 valence electrons. The van der Waals surface area contributed by atoms with Crippen LogP contribution in [-0.2, 0) is 6.18 Å². The van der Waals surface area contributed by atoms with Gasteiger partial charge < -0.3 is 10.8 Å². The van der Waals surface area contributed by atoms with Gasteiger partial charge in [-0.25, -0.2) is 4.39 Å². The maximum Gasteiger partial charge on any atom is 0.416 e. The molecular formula is C11H12ClF4NO. The molecule has 1 atom stereocenters. The van der Waals surface area contributed by atoms with Gasteiger partial charge in [0.25, 0.3) is 0 Å². The number of halogens is 5. The van der Waals surface area contributed by atoms with Crippen molar-refractivity contribution in [1.82, 2.24) is 0 Å². The third-order valence-corrected chi connectivity index (χ3v) is 2.26. The Kier molecular flexibility index (Phi) is 5.63. The van der Waals surface area contributed by atoms with Crippen molar-refractivity contribution in [3.63, 3.8) is 0 Å². The van der Waals surface area contributed by atoms with Gasteiger partial charge in [0.15, 0.2) is 11.6 Å². The second-order valence-electron chi connectivity index (χ2n) is 3.49. The minimum atomic E-state index is -4.70. The molecular weight excluding hydrogens is 274 g/mol. The number of phenols is 1. The van der Waals surface area contributed by atoms with Crippen molar-refractivity contribution in [1.29, 1.82) is 0 Å². The van der Waals surface area contributed by atoms with E-state index in [-0.39, 0.29) is 18.8 Å². The average molecular weight is 286 g/mol. The van der Waals surface area contributed by atoms with Gasteiger partial charge in [0, 0.05) is 11.6 Å². The molecule has 0 aromatic heterocycles. The third-order valence-electron chi connectivity index (χ3n) is 2.26. The van der Waals surface area contributed by atoms with E-state index in [0.29, 0.717) is 12.1 Å². The molecule has 2 nitrogen and oxygen atoms in total. The van der Waals surface area contributed by atoms with Crippen molar-refractivity contribution in [3.05, 3.63) is 41.7 Å². The molecule has 0 saturated heterocycles. The van der Waals surface area contributed by atoms with Gasteiger partial charge >= 0.3 is 6.18 Å². The van der Waals surface area contributed by atoms with Crippen LogP contribution < -0.4 is 5.73 Å². The lowest BCUT2D eigenvalue weighted by Crippen LogP contribution is -2.17. The number of hydrogen-bond acceptors (Lipinski definition) is 2. The van der Waals surface area contributed by atoms with Crippen LogP contribution in [0.25, 0.3) is 0 Å². The summed E-state index contributed by atoms with van der Waals surface area (Å²) in [5.41, 5.74) is 3.70. The molecule has 7 heteroatoms. The summed E-state index contributed by atoms with van der Waals surface area (Å²) in [6.45, 7) is 3.33. The highest BCUT2D eigenvalue weighted by atomic mass is 35.5. The zero-order valence-corrected chi connectivity index (χ0v) is 9.98. The smallest absolute Gasteiger partial charge is 0.416 e. The Morgan fingerprint density at radius 3 is 2.39 bits per heavy atom. The molecule has 0 spiro atoms. The Bertz CT molecular complexity index is 434. The van der Waals surface area contributed by atoms with Crippen LogP contribution >= 0.6 is 12.4 Å². The van der Waals surface area contributed by atoms with Crippen molar-refractivity contribution in [2.24, 2.45) is 5.73 Å². The lowest BCUT2D eigenvalue weighted by Gasteiger charge is -2.18. The Labute approximate surface area is 108 Å². The van der Waals surface area contributed by atoms with E-state index in [4.69, 9.17) is 5.73 Å². The standard InChI is InChI=1S/C11H11F4NO.ClH/c1-2-3-8(16)9-6(11(13,14)15)4-5-7(12)10(9)17;/h2,4-5,8,17H,1,3,16H2;1H/t8-;/m1./s1. The Balaban J connectivity index is 0.00000289. The molecule has 0 aliphatic heterocycles.